The molecule has 268 valence electrons. The maximum atomic E-state index is 14.6. The smallest absolute Gasteiger partial charge is 0.241 e. The minimum Gasteiger partial charge on any atom is -0.507 e. The first-order valence-corrected chi connectivity index (χ1v) is 17.9. The summed E-state index contributed by atoms with van der Waals surface area (Å²) in [6, 6.07) is 27.1. The van der Waals surface area contributed by atoms with Gasteiger partial charge in [0.15, 0.2) is 0 Å². The first-order valence-electron chi connectivity index (χ1n) is 17.9. The molecule has 6 atom stereocenters. The molecule has 2 aliphatic heterocycles. The lowest BCUT2D eigenvalue weighted by Crippen LogP contribution is -2.49. The fourth-order valence-corrected chi connectivity index (χ4v) is 9.24. The van der Waals surface area contributed by atoms with Gasteiger partial charge in [-0.1, -0.05) is 72.3 Å². The van der Waals surface area contributed by atoms with Crippen LogP contribution in [-0.2, 0) is 19.2 Å². The van der Waals surface area contributed by atoms with E-state index < -0.39 is 35.0 Å². The van der Waals surface area contributed by atoms with Gasteiger partial charge in [0.2, 0.25) is 23.6 Å². The third-order valence-electron chi connectivity index (χ3n) is 11.9. The van der Waals surface area contributed by atoms with E-state index >= 15 is 0 Å². The molecule has 2 heterocycles. The van der Waals surface area contributed by atoms with Crippen LogP contribution in [0.2, 0.25) is 0 Å². The fourth-order valence-electron chi connectivity index (χ4n) is 9.24. The molecule has 0 radical (unpaired) electrons. The van der Waals surface area contributed by atoms with Gasteiger partial charge in [-0.05, 0) is 86.2 Å². The average Bonchev–Trinajstić information content (AvgIpc) is 3.55. The van der Waals surface area contributed by atoms with Crippen molar-refractivity contribution in [3.05, 3.63) is 125 Å². The molecule has 1 saturated carbocycles. The number of benzene rings is 4. The third-order valence-corrected chi connectivity index (χ3v) is 11.9. The highest BCUT2D eigenvalue weighted by Crippen LogP contribution is 2.64. The van der Waals surface area contributed by atoms with Gasteiger partial charge >= 0.3 is 0 Å². The van der Waals surface area contributed by atoms with E-state index in [1.807, 2.05) is 73.7 Å². The monoisotopic (exact) mass is 708 g/mol. The van der Waals surface area contributed by atoms with Crippen LogP contribution in [0, 0.1) is 36.0 Å². The molecule has 9 heteroatoms. The number of hydrogen-bond acceptors (Lipinski definition) is 7. The standard InChI is InChI=1S/C44H40N2O7/c1-25-9-8-12-33(39(25)47)38-31-20-21-32-37(34(31)24-35-41(49)46(43(51)44(35,38)2)28-10-6-5-7-11-28)42(50)45(40(32)48)29-17-14-26(15-18-29)13-16-27-23-30(52-3)19-22-36(27)53-4/h5-20,22-23,32,34-35,37-38,47H,21,24H2,1-4H3/t32-,34+,35-,37-,38+,44+/m0/s1. The maximum Gasteiger partial charge on any atom is 0.241 e. The zero-order chi connectivity index (χ0) is 37.2. The van der Waals surface area contributed by atoms with Crippen LogP contribution in [-0.4, -0.2) is 43.0 Å². The number of carbonyl (C=O) groups excluding carboxylic acids is 4. The number of amides is 4. The van der Waals surface area contributed by atoms with E-state index in [0.717, 1.165) is 16.7 Å². The number of aryl methyl sites for hydroxylation is 1. The summed E-state index contributed by atoms with van der Waals surface area (Å²) in [7, 11) is 3.21. The van der Waals surface area contributed by atoms with E-state index in [2.05, 4.69) is 0 Å². The normalized spacial score (nSPS) is 26.4. The van der Waals surface area contributed by atoms with Crippen molar-refractivity contribution in [1.82, 2.24) is 0 Å². The number of imide groups is 2. The second kappa shape index (κ2) is 12.9. The molecule has 4 aromatic rings. The average molecular weight is 709 g/mol. The summed E-state index contributed by atoms with van der Waals surface area (Å²) in [5.74, 6) is -3.04. The maximum absolute atomic E-state index is 14.6. The highest BCUT2D eigenvalue weighted by molar-refractivity contribution is 6.25. The molecule has 2 aliphatic carbocycles. The van der Waals surface area contributed by atoms with Gasteiger partial charge in [-0.25, -0.2) is 4.90 Å². The van der Waals surface area contributed by atoms with Gasteiger partial charge in [0.1, 0.15) is 17.2 Å². The lowest BCUT2D eigenvalue weighted by Gasteiger charge is -2.49. The van der Waals surface area contributed by atoms with Gasteiger partial charge in [0.05, 0.1) is 48.8 Å². The molecule has 0 bridgehead atoms. The van der Waals surface area contributed by atoms with Gasteiger partial charge in [-0.2, -0.15) is 0 Å². The topological polar surface area (TPSA) is 113 Å². The predicted molar refractivity (Wildman–Crippen MR) is 201 cm³/mol. The number of rotatable bonds is 7. The minimum absolute atomic E-state index is 0.0639. The SMILES string of the molecule is COc1ccc(OC)c(C=Cc2ccc(N3C(=O)[C@H]4[C@H](CC=C5[C@H]4C[C@H]4C(=O)N(c6ccccc6)C(=O)[C@@]4(C)[C@H]5c4cccc(C)c4O)C3=O)cc2)c1. The Morgan fingerprint density at radius 2 is 1.51 bits per heavy atom. The van der Waals surface area contributed by atoms with E-state index in [1.54, 1.807) is 63.6 Å². The molecule has 9 nitrogen and oxygen atoms in total. The number of ether oxygens (including phenoxy) is 2. The number of aromatic hydroxyl groups is 1. The van der Waals surface area contributed by atoms with Crippen molar-refractivity contribution < 1.29 is 33.8 Å². The van der Waals surface area contributed by atoms with Crippen molar-refractivity contribution in [2.75, 3.05) is 24.0 Å². The molecular weight excluding hydrogens is 668 g/mol. The Morgan fingerprint density at radius 1 is 0.774 bits per heavy atom. The van der Waals surface area contributed by atoms with Crippen LogP contribution in [0.15, 0.2) is 103 Å². The molecule has 4 amide bonds. The molecular formula is C44H40N2O7. The number of anilines is 2. The van der Waals surface area contributed by atoms with E-state index in [9.17, 15) is 24.3 Å². The number of hydrogen-bond donors (Lipinski definition) is 1. The quantitative estimate of drug-likeness (QED) is 0.122. The Morgan fingerprint density at radius 3 is 2.23 bits per heavy atom. The van der Waals surface area contributed by atoms with Crippen molar-refractivity contribution in [2.24, 2.45) is 29.1 Å². The summed E-state index contributed by atoms with van der Waals surface area (Å²) in [6.45, 7) is 3.63. The van der Waals surface area contributed by atoms with Crippen molar-refractivity contribution >= 4 is 47.2 Å². The largest absolute Gasteiger partial charge is 0.507 e. The zero-order valence-electron chi connectivity index (χ0n) is 30.0. The molecule has 0 unspecified atom stereocenters. The molecule has 0 aromatic heterocycles. The third kappa shape index (κ3) is 5.20. The molecule has 2 saturated heterocycles. The van der Waals surface area contributed by atoms with Crippen LogP contribution in [0.1, 0.15) is 47.9 Å². The Hall–Kier alpha value is -5.96. The number of nitrogens with zero attached hydrogens (tertiary/aromatic N) is 2. The summed E-state index contributed by atoms with van der Waals surface area (Å²) in [5, 5.41) is 11.5. The van der Waals surface area contributed by atoms with E-state index in [4.69, 9.17) is 9.47 Å². The predicted octanol–water partition coefficient (Wildman–Crippen LogP) is 7.32. The second-order valence-corrected chi connectivity index (χ2v) is 14.6. The Balaban J connectivity index is 1.14. The summed E-state index contributed by atoms with van der Waals surface area (Å²) in [4.78, 5) is 60.1. The fraction of sp³-hybridized carbons (Fsp3) is 0.273. The van der Waals surface area contributed by atoms with Gasteiger partial charge in [-0.3, -0.25) is 24.1 Å². The van der Waals surface area contributed by atoms with Crippen molar-refractivity contribution in [3.63, 3.8) is 0 Å². The Kier molecular flexibility index (Phi) is 8.32. The van der Waals surface area contributed by atoms with Crippen LogP contribution in [0.4, 0.5) is 11.4 Å². The number of phenols is 1. The zero-order valence-corrected chi connectivity index (χ0v) is 30.0. The molecule has 1 N–H and O–H groups in total. The minimum atomic E-state index is -1.23. The van der Waals surface area contributed by atoms with Crippen molar-refractivity contribution in [3.8, 4) is 17.2 Å². The van der Waals surface area contributed by atoms with Gasteiger partial charge < -0.3 is 14.6 Å². The summed E-state index contributed by atoms with van der Waals surface area (Å²) in [5.41, 5.74) is 3.46. The van der Waals surface area contributed by atoms with Crippen LogP contribution < -0.4 is 19.3 Å². The van der Waals surface area contributed by atoms with E-state index in [1.165, 1.54) is 9.80 Å². The Labute approximate surface area is 308 Å². The molecule has 8 rings (SSSR count). The van der Waals surface area contributed by atoms with Crippen LogP contribution in [0.5, 0.6) is 17.2 Å². The second-order valence-electron chi connectivity index (χ2n) is 14.6. The van der Waals surface area contributed by atoms with E-state index in [0.29, 0.717) is 40.4 Å². The highest BCUT2D eigenvalue weighted by atomic mass is 16.5. The number of phenolic OH excluding ortho intramolecular Hbond substituents is 1. The number of methoxy groups -OCH3 is 2. The first kappa shape index (κ1) is 34.1. The lowest BCUT2D eigenvalue weighted by atomic mass is 9.51. The number of allylic oxidation sites excluding steroid dienone is 2. The van der Waals surface area contributed by atoms with Crippen LogP contribution in [0.25, 0.3) is 12.2 Å². The number of para-hydroxylation sites is 2. The number of carbonyl (C=O) groups is 4. The number of fused-ring (bicyclic) bond motifs is 4. The molecule has 3 fully saturated rings. The van der Waals surface area contributed by atoms with E-state index in [-0.39, 0.29) is 35.8 Å². The van der Waals surface area contributed by atoms with Gasteiger partial charge in [0.25, 0.3) is 0 Å². The first-order chi connectivity index (χ1) is 25.6. The van der Waals surface area contributed by atoms with Crippen LogP contribution in [0.3, 0.4) is 0 Å². The summed E-state index contributed by atoms with van der Waals surface area (Å²) in [6.07, 6.45) is 6.39. The van der Waals surface area contributed by atoms with Crippen molar-refractivity contribution in [1.29, 1.82) is 0 Å². The van der Waals surface area contributed by atoms with Gasteiger partial charge in [-0.15, -0.1) is 0 Å². The molecule has 53 heavy (non-hydrogen) atoms. The lowest BCUT2D eigenvalue weighted by molar-refractivity contribution is -0.131. The highest BCUT2D eigenvalue weighted by Gasteiger charge is 2.68. The molecule has 0 spiro atoms. The van der Waals surface area contributed by atoms with Gasteiger partial charge in [0, 0.05) is 17.0 Å². The molecule has 4 aromatic carbocycles. The summed E-state index contributed by atoms with van der Waals surface area (Å²) >= 11 is 0. The molecule has 4 aliphatic rings. The Bertz CT molecular complexity index is 2230. The van der Waals surface area contributed by atoms with Crippen LogP contribution >= 0.6 is 0 Å². The van der Waals surface area contributed by atoms with Crippen molar-refractivity contribution in [2.45, 2.75) is 32.6 Å². The summed E-state index contributed by atoms with van der Waals surface area (Å²) < 4.78 is 10.9.